The van der Waals surface area contributed by atoms with Gasteiger partial charge in [0.2, 0.25) is 5.91 Å². The van der Waals surface area contributed by atoms with Crippen LogP contribution in [0.15, 0.2) is 18.3 Å². The van der Waals surface area contributed by atoms with Crippen molar-refractivity contribution in [2.45, 2.75) is 65.1 Å². The van der Waals surface area contributed by atoms with Crippen LogP contribution in [0.2, 0.25) is 0 Å². The fraction of sp³-hybridized carbons (Fsp3) is 0.560. The maximum absolute atomic E-state index is 14.8. The summed E-state index contributed by atoms with van der Waals surface area (Å²) in [6.07, 6.45) is 5.32. The molecule has 10 heteroatoms. The number of carbonyl (C=O) groups excluding carboxylic acids is 1. The number of hydrogen-bond acceptors (Lipinski definition) is 7. The first-order valence-electron chi connectivity index (χ1n) is 12.3. The highest BCUT2D eigenvalue weighted by Crippen LogP contribution is 2.37. The number of carbonyl (C=O) groups is 1. The van der Waals surface area contributed by atoms with Gasteiger partial charge in [-0.2, -0.15) is 0 Å². The quantitative estimate of drug-likeness (QED) is 0.595. The van der Waals surface area contributed by atoms with Crippen molar-refractivity contribution in [1.29, 1.82) is 0 Å². The Hall–Kier alpha value is -3.14. The Bertz CT molecular complexity index is 1280. The summed E-state index contributed by atoms with van der Waals surface area (Å²) in [4.78, 5) is 29.9. The molecule has 0 bridgehead atoms. The van der Waals surface area contributed by atoms with E-state index in [2.05, 4.69) is 37.0 Å². The summed E-state index contributed by atoms with van der Waals surface area (Å²) in [6.45, 7) is 12.5. The van der Waals surface area contributed by atoms with Gasteiger partial charge in [0.05, 0.1) is 10.9 Å². The summed E-state index contributed by atoms with van der Waals surface area (Å²) in [5, 5.41) is 8.59. The van der Waals surface area contributed by atoms with E-state index in [1.165, 1.54) is 33.6 Å². The molecule has 2 fully saturated rings. The van der Waals surface area contributed by atoms with Crippen LogP contribution >= 0.6 is 0 Å². The van der Waals surface area contributed by atoms with Crippen molar-refractivity contribution in [2.24, 2.45) is 0 Å². The molecular weight excluding hydrogens is 447 g/mol. The maximum atomic E-state index is 14.8. The molecule has 1 amide bonds. The number of fused-ring (bicyclic) bond motifs is 1. The lowest BCUT2D eigenvalue weighted by Gasteiger charge is -2.35. The van der Waals surface area contributed by atoms with E-state index in [-0.39, 0.29) is 17.3 Å². The van der Waals surface area contributed by atoms with Gasteiger partial charge in [-0.25, -0.2) is 24.0 Å². The van der Waals surface area contributed by atoms with Gasteiger partial charge in [0, 0.05) is 49.6 Å². The van der Waals surface area contributed by atoms with Crippen LogP contribution in [0.4, 0.5) is 16.0 Å². The summed E-state index contributed by atoms with van der Waals surface area (Å²) in [6, 6.07) is 3.59. The molecule has 0 saturated carbocycles. The van der Waals surface area contributed by atoms with Gasteiger partial charge in [-0.1, -0.05) is 0 Å². The molecule has 9 nitrogen and oxygen atoms in total. The molecule has 186 valence electrons. The van der Waals surface area contributed by atoms with Crippen LogP contribution in [0.3, 0.4) is 0 Å². The first-order valence-corrected chi connectivity index (χ1v) is 12.3. The van der Waals surface area contributed by atoms with Gasteiger partial charge in [-0.3, -0.25) is 9.69 Å². The third kappa shape index (κ3) is 4.47. The first kappa shape index (κ1) is 23.6. The molecule has 0 radical (unpaired) electrons. The SMILES string of the molecule is CC(=O)Nc1cc2c(cn1)c(N1CC[C@](C)(N3CCCC3)C1)nn2-c1cc(C)nc(C(C)(C)F)n1. The van der Waals surface area contributed by atoms with Crippen molar-refractivity contribution >= 4 is 28.4 Å². The van der Waals surface area contributed by atoms with E-state index in [1.807, 2.05) is 6.92 Å². The summed E-state index contributed by atoms with van der Waals surface area (Å²) in [5.74, 6) is 1.64. The largest absolute Gasteiger partial charge is 0.353 e. The number of halogens is 1. The van der Waals surface area contributed by atoms with Gasteiger partial charge in [0.1, 0.15) is 5.82 Å². The minimum absolute atomic E-state index is 0.104. The zero-order chi connectivity index (χ0) is 25.0. The van der Waals surface area contributed by atoms with Crippen LogP contribution in [-0.2, 0) is 10.5 Å². The normalized spacial score (nSPS) is 21.3. The van der Waals surface area contributed by atoms with Crippen molar-refractivity contribution in [1.82, 2.24) is 29.6 Å². The van der Waals surface area contributed by atoms with Crippen molar-refractivity contribution in [3.8, 4) is 5.82 Å². The van der Waals surface area contributed by atoms with E-state index in [0.717, 1.165) is 49.3 Å². The highest BCUT2D eigenvalue weighted by molar-refractivity contribution is 5.95. The monoisotopic (exact) mass is 480 g/mol. The second kappa shape index (κ2) is 8.51. The standard InChI is InChI=1S/C25H33FN8O/c1-16-12-21(30-23(28-16)24(3,4)26)34-19-13-20(29-17(2)35)27-14-18(19)22(31-34)32-11-8-25(5,15-32)33-9-6-7-10-33/h12-14H,6-11,15H2,1-5H3,(H,27,29,35)/t25-/m0/s1. The van der Waals surface area contributed by atoms with Crippen LogP contribution in [0.1, 0.15) is 58.5 Å². The van der Waals surface area contributed by atoms with E-state index < -0.39 is 5.67 Å². The molecule has 0 spiro atoms. The molecule has 2 aliphatic rings. The minimum Gasteiger partial charge on any atom is -0.353 e. The Morgan fingerprint density at radius 1 is 1.17 bits per heavy atom. The number of likely N-dealkylation sites (tertiary alicyclic amines) is 1. The number of amides is 1. The number of rotatable bonds is 5. The van der Waals surface area contributed by atoms with Gasteiger partial charge in [-0.15, -0.1) is 5.10 Å². The minimum atomic E-state index is -1.69. The molecule has 3 aromatic heterocycles. The van der Waals surface area contributed by atoms with Crippen molar-refractivity contribution in [3.05, 3.63) is 29.8 Å². The Balaban J connectivity index is 1.62. The van der Waals surface area contributed by atoms with E-state index in [1.54, 1.807) is 23.0 Å². The van der Waals surface area contributed by atoms with Crippen LogP contribution in [0.5, 0.6) is 0 Å². The predicted molar refractivity (Wildman–Crippen MR) is 134 cm³/mol. The third-order valence-corrected chi connectivity index (χ3v) is 7.06. The molecule has 0 aromatic carbocycles. The van der Waals surface area contributed by atoms with Gasteiger partial charge in [0.15, 0.2) is 23.1 Å². The Morgan fingerprint density at radius 2 is 1.91 bits per heavy atom. The summed E-state index contributed by atoms with van der Waals surface area (Å²) in [7, 11) is 0. The zero-order valence-electron chi connectivity index (χ0n) is 21.1. The van der Waals surface area contributed by atoms with Gasteiger partial charge in [-0.05, 0) is 60.0 Å². The van der Waals surface area contributed by atoms with Crippen LogP contribution in [-0.4, -0.2) is 67.3 Å². The van der Waals surface area contributed by atoms with Gasteiger partial charge >= 0.3 is 0 Å². The van der Waals surface area contributed by atoms with Crippen molar-refractivity contribution < 1.29 is 9.18 Å². The predicted octanol–water partition coefficient (Wildman–Crippen LogP) is 3.75. The molecular formula is C25H33FN8O. The summed E-state index contributed by atoms with van der Waals surface area (Å²) in [5.41, 5.74) is -0.191. The lowest BCUT2D eigenvalue weighted by molar-refractivity contribution is -0.114. The average molecular weight is 481 g/mol. The third-order valence-electron chi connectivity index (χ3n) is 7.06. The van der Waals surface area contributed by atoms with Crippen molar-refractivity contribution in [2.75, 3.05) is 36.4 Å². The highest BCUT2D eigenvalue weighted by Gasteiger charge is 2.41. The number of hydrogen-bond donors (Lipinski definition) is 1. The highest BCUT2D eigenvalue weighted by atomic mass is 19.1. The zero-order valence-corrected chi connectivity index (χ0v) is 21.1. The maximum Gasteiger partial charge on any atom is 0.222 e. The topological polar surface area (TPSA) is 92.1 Å². The van der Waals surface area contributed by atoms with Gasteiger partial charge in [0.25, 0.3) is 0 Å². The number of pyridine rings is 1. The van der Waals surface area contributed by atoms with Crippen LogP contribution < -0.4 is 10.2 Å². The number of nitrogens with zero attached hydrogens (tertiary/aromatic N) is 7. The molecule has 5 heterocycles. The Labute approximate surface area is 204 Å². The molecule has 2 aliphatic heterocycles. The van der Waals surface area contributed by atoms with E-state index in [9.17, 15) is 9.18 Å². The fourth-order valence-electron chi connectivity index (χ4n) is 5.22. The molecule has 0 unspecified atom stereocenters. The number of aryl methyl sites for hydroxylation is 1. The van der Waals surface area contributed by atoms with Crippen LogP contribution in [0.25, 0.3) is 16.7 Å². The summed E-state index contributed by atoms with van der Waals surface area (Å²) >= 11 is 0. The lowest BCUT2D eigenvalue weighted by Crippen LogP contribution is -2.46. The first-order chi connectivity index (χ1) is 16.5. The second-order valence-electron chi connectivity index (χ2n) is 10.5. The molecule has 1 atom stereocenters. The number of anilines is 2. The summed E-state index contributed by atoms with van der Waals surface area (Å²) < 4.78 is 16.5. The fourth-order valence-corrected chi connectivity index (χ4v) is 5.22. The average Bonchev–Trinajstić information content (AvgIpc) is 3.51. The van der Waals surface area contributed by atoms with Gasteiger partial charge < -0.3 is 10.2 Å². The lowest BCUT2D eigenvalue weighted by atomic mass is 10.00. The van der Waals surface area contributed by atoms with E-state index in [0.29, 0.717) is 17.3 Å². The Kier molecular flexibility index (Phi) is 5.74. The molecule has 5 rings (SSSR count). The van der Waals surface area contributed by atoms with E-state index >= 15 is 0 Å². The number of alkyl halides is 1. The molecule has 3 aromatic rings. The molecule has 35 heavy (non-hydrogen) atoms. The van der Waals surface area contributed by atoms with Crippen molar-refractivity contribution in [3.63, 3.8) is 0 Å². The molecule has 1 N–H and O–H groups in total. The van der Waals surface area contributed by atoms with Crippen LogP contribution in [0, 0.1) is 6.92 Å². The number of aromatic nitrogens is 5. The molecule has 0 aliphatic carbocycles. The Morgan fingerprint density at radius 3 is 2.60 bits per heavy atom. The number of nitrogens with one attached hydrogen (secondary N) is 1. The smallest absolute Gasteiger partial charge is 0.222 e. The second-order valence-corrected chi connectivity index (χ2v) is 10.5. The molecule has 2 saturated heterocycles. The van der Waals surface area contributed by atoms with E-state index in [4.69, 9.17) is 5.10 Å².